The van der Waals surface area contributed by atoms with Gasteiger partial charge in [0.2, 0.25) is 0 Å². The number of rotatable bonds is 6. The van der Waals surface area contributed by atoms with Crippen molar-refractivity contribution in [2.75, 3.05) is 7.11 Å². The molecule has 4 rings (SSSR count). The first-order chi connectivity index (χ1) is 17.1. The molecule has 1 amide bonds. The number of nitrogens with one attached hydrogen (secondary N) is 1. The van der Waals surface area contributed by atoms with Crippen LogP contribution in [0, 0.1) is 24.0 Å². The molecule has 2 aromatic heterocycles. The largest absolute Gasteiger partial charge is 0.507 e. The SMILES string of the molecule is COC(=O)c1[nH]c(C)c(/C(O)=C2/C(=O)C(=O)N(Cc3cccnc3)C2c2ccc([N+](=O)[O-])cc2)c1C. The quantitative estimate of drug-likeness (QED) is 0.133. The summed E-state index contributed by atoms with van der Waals surface area (Å²) < 4.78 is 4.78. The molecule has 1 aliphatic heterocycles. The Morgan fingerprint density at radius 3 is 2.50 bits per heavy atom. The maximum atomic E-state index is 13.3. The molecule has 1 saturated heterocycles. The number of aliphatic hydroxyl groups excluding tert-OH is 1. The zero-order valence-electron chi connectivity index (χ0n) is 19.6. The van der Waals surface area contributed by atoms with Gasteiger partial charge >= 0.3 is 5.97 Å². The summed E-state index contributed by atoms with van der Waals surface area (Å²) >= 11 is 0. The van der Waals surface area contributed by atoms with Crippen LogP contribution in [0.1, 0.15) is 44.5 Å². The van der Waals surface area contributed by atoms with E-state index in [4.69, 9.17) is 4.74 Å². The van der Waals surface area contributed by atoms with E-state index in [1.54, 1.807) is 38.4 Å². The van der Waals surface area contributed by atoms with Crippen molar-refractivity contribution in [3.05, 3.63) is 98.1 Å². The summed E-state index contributed by atoms with van der Waals surface area (Å²) in [5.41, 5.74) is 1.72. The normalized spacial score (nSPS) is 16.9. The lowest BCUT2D eigenvalue weighted by Crippen LogP contribution is -2.29. The van der Waals surface area contributed by atoms with Crippen LogP contribution in [0.3, 0.4) is 0 Å². The second-order valence-corrected chi connectivity index (χ2v) is 8.25. The molecule has 11 heteroatoms. The smallest absolute Gasteiger partial charge is 0.354 e. The fourth-order valence-electron chi connectivity index (χ4n) is 4.40. The van der Waals surface area contributed by atoms with E-state index < -0.39 is 34.4 Å². The number of esters is 1. The molecular formula is C25H22N4O7. The molecule has 0 spiro atoms. The van der Waals surface area contributed by atoms with Gasteiger partial charge in [-0.05, 0) is 48.7 Å². The van der Waals surface area contributed by atoms with Crippen molar-refractivity contribution in [3.8, 4) is 0 Å². The Kier molecular flexibility index (Phi) is 6.39. The Bertz CT molecular complexity index is 1410. The molecule has 1 fully saturated rings. The van der Waals surface area contributed by atoms with Gasteiger partial charge in [0.15, 0.2) is 0 Å². The van der Waals surface area contributed by atoms with E-state index in [0.717, 1.165) is 0 Å². The van der Waals surface area contributed by atoms with Crippen molar-refractivity contribution in [2.45, 2.75) is 26.4 Å². The number of aromatic nitrogens is 2. The number of H-pyrrole nitrogens is 1. The lowest BCUT2D eigenvalue weighted by molar-refractivity contribution is -0.384. The van der Waals surface area contributed by atoms with Crippen LogP contribution >= 0.6 is 0 Å². The van der Waals surface area contributed by atoms with E-state index in [1.165, 1.54) is 36.3 Å². The third-order valence-electron chi connectivity index (χ3n) is 6.10. The highest BCUT2D eigenvalue weighted by molar-refractivity contribution is 6.46. The minimum Gasteiger partial charge on any atom is -0.507 e. The fourth-order valence-corrected chi connectivity index (χ4v) is 4.40. The molecule has 3 aromatic rings. The third kappa shape index (κ3) is 4.11. The molecule has 2 N–H and O–H groups in total. The Morgan fingerprint density at radius 1 is 1.22 bits per heavy atom. The number of hydrogen-bond acceptors (Lipinski definition) is 8. The van der Waals surface area contributed by atoms with E-state index >= 15 is 0 Å². The molecule has 11 nitrogen and oxygen atoms in total. The summed E-state index contributed by atoms with van der Waals surface area (Å²) in [4.78, 5) is 57.3. The van der Waals surface area contributed by atoms with E-state index in [2.05, 4.69) is 9.97 Å². The van der Waals surface area contributed by atoms with Crippen LogP contribution in [0.2, 0.25) is 0 Å². The number of pyridine rings is 1. The van der Waals surface area contributed by atoms with Gasteiger partial charge in [-0.15, -0.1) is 0 Å². The zero-order valence-corrected chi connectivity index (χ0v) is 19.6. The average Bonchev–Trinajstić information content (AvgIpc) is 3.31. The van der Waals surface area contributed by atoms with Gasteiger partial charge in [-0.1, -0.05) is 6.07 Å². The number of likely N-dealkylation sites (tertiary alicyclic amines) is 1. The average molecular weight is 490 g/mol. The lowest BCUT2D eigenvalue weighted by Gasteiger charge is -2.25. The summed E-state index contributed by atoms with van der Waals surface area (Å²) in [6, 6.07) is 7.80. The number of amides is 1. The highest BCUT2D eigenvalue weighted by atomic mass is 16.6. The van der Waals surface area contributed by atoms with Gasteiger partial charge in [-0.25, -0.2) is 4.79 Å². The number of nitro benzene ring substituents is 1. The van der Waals surface area contributed by atoms with Gasteiger partial charge in [0, 0.05) is 42.3 Å². The first-order valence-corrected chi connectivity index (χ1v) is 10.8. The molecule has 0 bridgehead atoms. The minimum absolute atomic E-state index is 0.00929. The first kappa shape index (κ1) is 24.3. The number of aromatic amines is 1. The Labute approximate surface area is 205 Å². The summed E-state index contributed by atoms with van der Waals surface area (Å²) in [5, 5.41) is 22.5. The van der Waals surface area contributed by atoms with Crippen LogP contribution in [-0.4, -0.2) is 49.7 Å². The van der Waals surface area contributed by atoms with E-state index in [0.29, 0.717) is 22.4 Å². The van der Waals surface area contributed by atoms with Crippen molar-refractivity contribution in [3.63, 3.8) is 0 Å². The molecule has 1 unspecified atom stereocenters. The van der Waals surface area contributed by atoms with E-state index in [9.17, 15) is 29.6 Å². The van der Waals surface area contributed by atoms with Crippen molar-refractivity contribution < 1.29 is 29.2 Å². The van der Waals surface area contributed by atoms with Gasteiger partial charge in [0.1, 0.15) is 11.5 Å². The maximum absolute atomic E-state index is 13.3. The molecule has 1 aromatic carbocycles. The number of nitro groups is 1. The fraction of sp³-hybridized carbons (Fsp3) is 0.200. The maximum Gasteiger partial charge on any atom is 0.354 e. The van der Waals surface area contributed by atoms with Crippen LogP contribution in [0.4, 0.5) is 5.69 Å². The number of aryl methyl sites for hydroxylation is 1. The second kappa shape index (κ2) is 9.45. The van der Waals surface area contributed by atoms with Crippen LogP contribution < -0.4 is 0 Å². The number of hydrogen-bond donors (Lipinski definition) is 2. The highest BCUT2D eigenvalue weighted by Gasteiger charge is 2.46. The van der Waals surface area contributed by atoms with Gasteiger partial charge in [0.25, 0.3) is 17.4 Å². The molecule has 3 heterocycles. The monoisotopic (exact) mass is 490 g/mol. The van der Waals surface area contributed by atoms with E-state index in [-0.39, 0.29) is 29.1 Å². The summed E-state index contributed by atoms with van der Waals surface area (Å²) in [7, 11) is 1.22. The van der Waals surface area contributed by atoms with Gasteiger partial charge in [-0.2, -0.15) is 0 Å². The van der Waals surface area contributed by atoms with Crippen molar-refractivity contribution in [1.82, 2.24) is 14.9 Å². The number of aliphatic hydroxyl groups is 1. The molecule has 0 radical (unpaired) electrons. The summed E-state index contributed by atoms with van der Waals surface area (Å²) in [6.45, 7) is 3.20. The second-order valence-electron chi connectivity index (χ2n) is 8.25. The number of non-ortho nitro benzene ring substituents is 1. The standard InChI is InChI=1S/C25H22N4O7/c1-13-18(14(2)27-20(13)25(33)36-3)22(30)19-21(16-6-8-17(9-7-16)29(34)35)28(24(32)23(19)31)12-15-5-4-10-26-11-15/h4-11,21,27,30H,12H2,1-3H3/b22-19-. The number of benzene rings is 1. The Balaban J connectivity index is 1.91. The highest BCUT2D eigenvalue weighted by Crippen LogP contribution is 2.42. The topological polar surface area (TPSA) is 156 Å². The molecule has 36 heavy (non-hydrogen) atoms. The molecule has 1 aliphatic rings. The predicted molar refractivity (Wildman–Crippen MR) is 127 cm³/mol. The third-order valence-corrected chi connectivity index (χ3v) is 6.10. The Hall–Kier alpha value is -4.80. The van der Waals surface area contributed by atoms with Crippen LogP contribution in [0.5, 0.6) is 0 Å². The number of Topliss-reactive ketones (excluding diaryl/α,β-unsaturated/α-hetero) is 1. The number of methoxy groups -OCH3 is 1. The van der Waals surface area contributed by atoms with Gasteiger partial charge in [-0.3, -0.25) is 24.7 Å². The van der Waals surface area contributed by atoms with Crippen molar-refractivity contribution >= 4 is 29.1 Å². The molecule has 1 atom stereocenters. The first-order valence-electron chi connectivity index (χ1n) is 10.8. The summed E-state index contributed by atoms with van der Waals surface area (Å²) in [6.07, 6.45) is 3.12. The zero-order chi connectivity index (χ0) is 26.1. The van der Waals surface area contributed by atoms with Gasteiger partial charge < -0.3 is 19.7 Å². The van der Waals surface area contributed by atoms with Crippen LogP contribution in [0.15, 0.2) is 54.4 Å². The predicted octanol–water partition coefficient (Wildman–Crippen LogP) is 3.34. The molecule has 0 aliphatic carbocycles. The minimum atomic E-state index is -1.04. The lowest BCUT2D eigenvalue weighted by atomic mass is 9.94. The number of nitrogens with zero attached hydrogens (tertiary/aromatic N) is 3. The number of ketones is 1. The molecule has 0 saturated carbocycles. The van der Waals surface area contributed by atoms with Crippen LogP contribution in [-0.2, 0) is 20.9 Å². The molecular weight excluding hydrogens is 468 g/mol. The summed E-state index contributed by atoms with van der Waals surface area (Å²) in [5.74, 6) is -2.88. The van der Waals surface area contributed by atoms with Crippen LogP contribution in [0.25, 0.3) is 5.76 Å². The molecule has 184 valence electrons. The van der Waals surface area contributed by atoms with Gasteiger partial charge in [0.05, 0.1) is 23.6 Å². The number of carbonyl (C=O) groups is 3. The Morgan fingerprint density at radius 2 is 1.92 bits per heavy atom. The van der Waals surface area contributed by atoms with Crippen molar-refractivity contribution in [2.24, 2.45) is 0 Å². The number of ether oxygens (including phenoxy) is 1. The van der Waals surface area contributed by atoms with Crippen molar-refractivity contribution in [1.29, 1.82) is 0 Å². The van der Waals surface area contributed by atoms with E-state index in [1.807, 2.05) is 0 Å². The number of carbonyl (C=O) groups excluding carboxylic acids is 3.